The Morgan fingerprint density at radius 1 is 1.55 bits per heavy atom. The van der Waals surface area contributed by atoms with Gasteiger partial charge in [0.05, 0.1) is 0 Å². The number of aliphatic carboxylic acids is 1. The van der Waals surface area contributed by atoms with Crippen LogP contribution in [-0.4, -0.2) is 36.6 Å². The van der Waals surface area contributed by atoms with Crippen molar-refractivity contribution >= 4 is 11.9 Å². The van der Waals surface area contributed by atoms with Crippen LogP contribution in [0.5, 0.6) is 0 Å². The molecule has 0 aliphatic heterocycles. The molecule has 0 fully saturated rings. The topological polar surface area (TPSA) is 78.4 Å². The van der Waals surface area contributed by atoms with Crippen LogP contribution in [0.3, 0.4) is 0 Å². The Balaban J connectivity index is 3.70. The summed E-state index contributed by atoms with van der Waals surface area (Å²) in [6.45, 7) is 1.45. The van der Waals surface area contributed by atoms with Gasteiger partial charge in [-0.1, -0.05) is 0 Å². The second-order valence-corrected chi connectivity index (χ2v) is 2.12. The number of nitrogens with one attached hydrogen (secondary N) is 2. The van der Waals surface area contributed by atoms with Crippen molar-refractivity contribution in [3.05, 3.63) is 0 Å². The molecule has 5 heteroatoms. The number of carboxylic acids is 1. The van der Waals surface area contributed by atoms with E-state index in [-0.39, 0.29) is 12.5 Å². The van der Waals surface area contributed by atoms with Crippen molar-refractivity contribution in [2.24, 2.45) is 0 Å². The Hall–Kier alpha value is -1.10. The Bertz CT molecular complexity index is 158. The zero-order chi connectivity index (χ0) is 8.85. The summed E-state index contributed by atoms with van der Waals surface area (Å²) < 4.78 is 0. The molecule has 0 aliphatic carbocycles. The summed E-state index contributed by atoms with van der Waals surface area (Å²) in [5.74, 6) is -1.20. The second kappa shape index (κ2) is 4.68. The van der Waals surface area contributed by atoms with Gasteiger partial charge in [-0.25, -0.2) is 0 Å². The Kier molecular flexibility index (Phi) is 4.21. The van der Waals surface area contributed by atoms with Gasteiger partial charge in [0.25, 0.3) is 0 Å². The number of carboxylic acid groups (broad SMARTS) is 1. The third-order valence-electron chi connectivity index (χ3n) is 1.20. The van der Waals surface area contributed by atoms with Gasteiger partial charge in [-0.3, -0.25) is 9.59 Å². The zero-order valence-electron chi connectivity index (χ0n) is 6.55. The lowest BCUT2D eigenvalue weighted by Crippen LogP contribution is -2.43. The maximum absolute atomic E-state index is 10.4. The lowest BCUT2D eigenvalue weighted by Gasteiger charge is -2.10. The molecule has 0 saturated carbocycles. The van der Waals surface area contributed by atoms with Gasteiger partial charge in [-0.2, -0.15) is 0 Å². The summed E-state index contributed by atoms with van der Waals surface area (Å²) >= 11 is 0. The summed E-state index contributed by atoms with van der Waals surface area (Å²) in [6.07, 6.45) is 0. The van der Waals surface area contributed by atoms with Crippen LogP contribution in [0.4, 0.5) is 0 Å². The summed E-state index contributed by atoms with van der Waals surface area (Å²) in [7, 11) is 1.53. The van der Waals surface area contributed by atoms with Gasteiger partial charge in [-0.15, -0.1) is 0 Å². The molecule has 3 N–H and O–H groups in total. The van der Waals surface area contributed by atoms with Gasteiger partial charge < -0.3 is 15.7 Å². The molecule has 64 valence electrons. The minimum absolute atomic E-state index is 0.112. The monoisotopic (exact) mass is 160 g/mol. The van der Waals surface area contributed by atoms with Crippen LogP contribution in [0.1, 0.15) is 6.92 Å². The van der Waals surface area contributed by atoms with Gasteiger partial charge in [0.15, 0.2) is 0 Å². The largest absolute Gasteiger partial charge is 0.480 e. The van der Waals surface area contributed by atoms with Gasteiger partial charge in [0.2, 0.25) is 5.91 Å². The third-order valence-corrected chi connectivity index (χ3v) is 1.20. The summed E-state index contributed by atoms with van der Waals surface area (Å²) in [5.41, 5.74) is 0. The van der Waals surface area contributed by atoms with Crippen LogP contribution in [0, 0.1) is 0 Å². The molecule has 1 atom stereocenters. The van der Waals surface area contributed by atoms with Gasteiger partial charge in [-0.05, 0) is 7.05 Å². The van der Waals surface area contributed by atoms with Crippen LogP contribution < -0.4 is 10.6 Å². The van der Waals surface area contributed by atoms with Gasteiger partial charge >= 0.3 is 5.97 Å². The molecule has 0 aliphatic rings. The standard InChI is InChI=1S/C6H12N2O3/c1-4(9)8-3-5(7-2)6(10)11/h5,7H,3H2,1-2H3,(H,8,9)(H,10,11). The molecule has 0 aromatic carbocycles. The minimum Gasteiger partial charge on any atom is -0.480 e. The predicted molar refractivity (Wildman–Crippen MR) is 39.2 cm³/mol. The molecule has 0 radical (unpaired) electrons. The molecule has 0 spiro atoms. The lowest BCUT2D eigenvalue weighted by atomic mass is 10.3. The van der Waals surface area contributed by atoms with Crippen molar-refractivity contribution in [3.8, 4) is 0 Å². The van der Waals surface area contributed by atoms with E-state index < -0.39 is 12.0 Å². The second-order valence-electron chi connectivity index (χ2n) is 2.12. The fraction of sp³-hybridized carbons (Fsp3) is 0.667. The maximum Gasteiger partial charge on any atom is 0.322 e. The van der Waals surface area contributed by atoms with Crippen LogP contribution in [-0.2, 0) is 9.59 Å². The first-order chi connectivity index (χ1) is 5.07. The quantitative estimate of drug-likeness (QED) is 0.482. The highest BCUT2D eigenvalue weighted by molar-refractivity contribution is 5.76. The summed E-state index contributed by atoms with van der Waals surface area (Å²) in [4.78, 5) is 20.7. The van der Waals surface area contributed by atoms with E-state index in [4.69, 9.17) is 5.11 Å². The highest BCUT2D eigenvalue weighted by Crippen LogP contribution is 1.79. The van der Waals surface area contributed by atoms with Crippen molar-refractivity contribution in [2.45, 2.75) is 13.0 Å². The first-order valence-corrected chi connectivity index (χ1v) is 3.22. The first kappa shape index (κ1) is 9.90. The van der Waals surface area contributed by atoms with E-state index in [1.54, 1.807) is 0 Å². The summed E-state index contributed by atoms with van der Waals surface area (Å²) in [6, 6.07) is -0.709. The van der Waals surface area contributed by atoms with Crippen LogP contribution in [0.2, 0.25) is 0 Å². The molecule has 0 rings (SSSR count). The van der Waals surface area contributed by atoms with E-state index >= 15 is 0 Å². The Morgan fingerprint density at radius 2 is 2.09 bits per heavy atom. The van der Waals surface area contributed by atoms with Gasteiger partial charge in [0, 0.05) is 13.5 Å². The van der Waals surface area contributed by atoms with Crippen molar-refractivity contribution in [1.82, 2.24) is 10.6 Å². The van der Waals surface area contributed by atoms with E-state index in [9.17, 15) is 9.59 Å². The van der Waals surface area contributed by atoms with Crippen molar-refractivity contribution < 1.29 is 14.7 Å². The van der Waals surface area contributed by atoms with E-state index in [1.807, 2.05) is 0 Å². The molecule has 5 nitrogen and oxygen atoms in total. The van der Waals surface area contributed by atoms with E-state index in [0.29, 0.717) is 0 Å². The van der Waals surface area contributed by atoms with Crippen LogP contribution >= 0.6 is 0 Å². The minimum atomic E-state index is -0.971. The number of hydrogen-bond donors (Lipinski definition) is 3. The Labute approximate surface area is 64.8 Å². The zero-order valence-corrected chi connectivity index (χ0v) is 6.55. The molecule has 0 bridgehead atoms. The maximum atomic E-state index is 10.4. The molecule has 0 aromatic heterocycles. The number of likely N-dealkylation sites (N-methyl/N-ethyl adjacent to an activating group) is 1. The Morgan fingerprint density at radius 3 is 2.36 bits per heavy atom. The number of carbonyl (C=O) groups excluding carboxylic acids is 1. The van der Waals surface area contributed by atoms with E-state index in [0.717, 1.165) is 0 Å². The smallest absolute Gasteiger partial charge is 0.322 e. The number of carbonyl (C=O) groups is 2. The summed E-state index contributed by atoms with van der Waals surface area (Å²) in [5, 5.41) is 13.4. The number of rotatable bonds is 4. The third kappa shape index (κ3) is 4.32. The fourth-order valence-corrected chi connectivity index (χ4v) is 0.559. The van der Waals surface area contributed by atoms with E-state index in [1.165, 1.54) is 14.0 Å². The van der Waals surface area contributed by atoms with Crippen LogP contribution in [0.25, 0.3) is 0 Å². The van der Waals surface area contributed by atoms with Crippen molar-refractivity contribution in [3.63, 3.8) is 0 Å². The normalized spacial score (nSPS) is 12.2. The molecular formula is C6H12N2O3. The lowest BCUT2D eigenvalue weighted by molar-refractivity contribution is -0.139. The van der Waals surface area contributed by atoms with E-state index in [2.05, 4.69) is 10.6 Å². The fourth-order valence-electron chi connectivity index (χ4n) is 0.559. The molecule has 1 amide bonds. The molecule has 0 aromatic rings. The molecule has 0 heterocycles. The first-order valence-electron chi connectivity index (χ1n) is 3.22. The highest BCUT2D eigenvalue weighted by Gasteiger charge is 2.13. The molecule has 1 unspecified atom stereocenters. The van der Waals surface area contributed by atoms with Crippen molar-refractivity contribution in [1.29, 1.82) is 0 Å². The highest BCUT2D eigenvalue weighted by atomic mass is 16.4. The number of hydrogen-bond acceptors (Lipinski definition) is 3. The predicted octanol–water partition coefficient (Wildman–Crippen LogP) is -1.20. The molecule has 11 heavy (non-hydrogen) atoms. The molecular weight excluding hydrogens is 148 g/mol. The van der Waals surface area contributed by atoms with Crippen molar-refractivity contribution in [2.75, 3.05) is 13.6 Å². The number of amides is 1. The van der Waals surface area contributed by atoms with Crippen LogP contribution in [0.15, 0.2) is 0 Å². The molecule has 0 saturated heterocycles. The average molecular weight is 160 g/mol. The average Bonchev–Trinajstić information content (AvgIpc) is 1.87. The SMILES string of the molecule is CNC(CNC(C)=O)C(=O)O. The van der Waals surface area contributed by atoms with Gasteiger partial charge in [0.1, 0.15) is 6.04 Å².